The zero-order valence-electron chi connectivity index (χ0n) is 16.5. The number of fused-ring (bicyclic) bond motifs is 6. The van der Waals surface area contributed by atoms with Crippen LogP contribution in [0.3, 0.4) is 0 Å². The van der Waals surface area contributed by atoms with Gasteiger partial charge in [-0.25, -0.2) is 0 Å². The highest BCUT2D eigenvalue weighted by Crippen LogP contribution is 2.45. The molecular weight excluding hydrogens is 372 g/mol. The molecule has 0 radical (unpaired) electrons. The van der Waals surface area contributed by atoms with Crippen LogP contribution >= 0.6 is 0 Å². The van der Waals surface area contributed by atoms with Gasteiger partial charge in [0.25, 0.3) is 0 Å². The molecule has 6 nitrogen and oxygen atoms in total. The zero-order chi connectivity index (χ0) is 20.3. The summed E-state index contributed by atoms with van der Waals surface area (Å²) in [5, 5.41) is 0.524. The Morgan fingerprint density at radius 3 is 2.62 bits per heavy atom. The van der Waals surface area contributed by atoms with Crippen molar-refractivity contribution < 1.29 is 23.4 Å². The molecule has 2 aliphatic heterocycles. The first-order valence-electron chi connectivity index (χ1n) is 9.34. The van der Waals surface area contributed by atoms with Crippen LogP contribution < -0.4 is 24.4 Å². The minimum absolute atomic E-state index is 0.0976. The van der Waals surface area contributed by atoms with Gasteiger partial charge in [-0.2, -0.15) is 0 Å². The van der Waals surface area contributed by atoms with Gasteiger partial charge in [-0.15, -0.1) is 0 Å². The Balaban J connectivity index is 1.74. The summed E-state index contributed by atoms with van der Waals surface area (Å²) in [6, 6.07) is 7.08. The van der Waals surface area contributed by atoms with Crippen LogP contribution in [0.5, 0.6) is 23.0 Å². The predicted molar refractivity (Wildman–Crippen MR) is 108 cm³/mol. The lowest BCUT2D eigenvalue weighted by molar-refractivity contribution is 0.264. The number of ether oxygens (including phenoxy) is 4. The number of benzene rings is 2. The highest BCUT2D eigenvalue weighted by atomic mass is 16.5. The van der Waals surface area contributed by atoms with Gasteiger partial charge in [0.1, 0.15) is 29.8 Å². The highest BCUT2D eigenvalue weighted by Gasteiger charge is 2.31. The van der Waals surface area contributed by atoms with Crippen LogP contribution in [-0.4, -0.2) is 20.3 Å². The first-order valence-corrected chi connectivity index (χ1v) is 9.34. The Kier molecular flexibility index (Phi) is 3.84. The van der Waals surface area contributed by atoms with E-state index in [1.54, 1.807) is 32.4 Å². The molecule has 0 fully saturated rings. The Morgan fingerprint density at radius 2 is 1.90 bits per heavy atom. The molecular formula is C23H20O6. The summed E-state index contributed by atoms with van der Waals surface area (Å²) < 4.78 is 28.8. The van der Waals surface area contributed by atoms with Crippen LogP contribution in [0.4, 0.5) is 0 Å². The van der Waals surface area contributed by atoms with Crippen LogP contribution in [0.25, 0.3) is 22.1 Å². The van der Waals surface area contributed by atoms with E-state index in [1.165, 1.54) is 0 Å². The van der Waals surface area contributed by atoms with Crippen molar-refractivity contribution in [1.29, 1.82) is 0 Å². The smallest absolute Gasteiger partial charge is 0.201 e. The normalized spacial score (nSPS) is 16.3. The molecule has 0 unspecified atom stereocenters. The molecule has 2 aromatic carbocycles. The first-order chi connectivity index (χ1) is 14.0. The van der Waals surface area contributed by atoms with Crippen molar-refractivity contribution in [2.24, 2.45) is 0 Å². The topological polar surface area (TPSA) is 67.1 Å². The lowest BCUT2D eigenvalue weighted by atomic mass is 9.97. The fourth-order valence-electron chi connectivity index (χ4n) is 3.99. The molecule has 3 aromatic rings. The lowest BCUT2D eigenvalue weighted by Gasteiger charge is -2.21. The standard InChI is InChI=1S/C23H20O6/c1-11(2)16-8-14-15(28-16)6-5-12-22(24)21-13-7-18(25-3)19(26-4)9-17(13)27-10-20(21)29-23(12)14/h5-7,9,16H,1,8,10H2,2-4H3/t16-/m1/s1. The third-order valence-corrected chi connectivity index (χ3v) is 5.52. The van der Waals surface area contributed by atoms with Crippen molar-refractivity contribution in [3.63, 3.8) is 0 Å². The fraction of sp³-hybridized carbons (Fsp3) is 0.261. The van der Waals surface area contributed by atoms with Crippen molar-refractivity contribution >= 4 is 11.0 Å². The molecule has 0 spiro atoms. The minimum atomic E-state index is -0.106. The van der Waals surface area contributed by atoms with Gasteiger partial charge in [0.2, 0.25) is 5.43 Å². The summed E-state index contributed by atoms with van der Waals surface area (Å²) in [7, 11) is 3.11. The van der Waals surface area contributed by atoms with Gasteiger partial charge in [0.05, 0.1) is 25.2 Å². The summed E-state index contributed by atoms with van der Waals surface area (Å²) in [4.78, 5) is 13.5. The average molecular weight is 392 g/mol. The van der Waals surface area contributed by atoms with E-state index in [9.17, 15) is 4.79 Å². The van der Waals surface area contributed by atoms with E-state index in [0.717, 1.165) is 16.9 Å². The number of methoxy groups -OCH3 is 2. The molecule has 1 atom stereocenters. The van der Waals surface area contributed by atoms with E-state index in [-0.39, 0.29) is 18.1 Å². The Labute approximate surface area is 167 Å². The van der Waals surface area contributed by atoms with Crippen LogP contribution in [0.15, 0.2) is 45.6 Å². The predicted octanol–water partition coefficient (Wildman–Crippen LogP) is 4.25. The van der Waals surface area contributed by atoms with Crippen molar-refractivity contribution in [2.45, 2.75) is 26.1 Å². The second-order valence-corrected chi connectivity index (χ2v) is 7.30. The van der Waals surface area contributed by atoms with Crippen molar-refractivity contribution in [2.75, 3.05) is 14.2 Å². The van der Waals surface area contributed by atoms with Crippen LogP contribution in [0.2, 0.25) is 0 Å². The van der Waals surface area contributed by atoms with E-state index in [0.29, 0.717) is 51.5 Å². The van der Waals surface area contributed by atoms with E-state index in [2.05, 4.69) is 6.58 Å². The van der Waals surface area contributed by atoms with Gasteiger partial charge in [-0.3, -0.25) is 4.79 Å². The largest absolute Gasteiger partial charge is 0.493 e. The van der Waals surface area contributed by atoms with Gasteiger partial charge in [-0.05, 0) is 30.7 Å². The van der Waals surface area contributed by atoms with Crippen molar-refractivity contribution in [3.05, 3.63) is 58.0 Å². The highest BCUT2D eigenvalue weighted by molar-refractivity contribution is 5.89. The Morgan fingerprint density at radius 1 is 1.14 bits per heavy atom. The number of rotatable bonds is 3. The summed E-state index contributed by atoms with van der Waals surface area (Å²) in [5.41, 5.74) is 3.43. The van der Waals surface area contributed by atoms with Gasteiger partial charge >= 0.3 is 0 Å². The maximum Gasteiger partial charge on any atom is 0.201 e. The SMILES string of the molecule is C=C(C)[C@H]1Cc2c(ccc3c(=O)c4c(oc23)COc2cc(OC)c(OC)cc2-4)O1. The minimum Gasteiger partial charge on any atom is -0.493 e. The van der Waals surface area contributed by atoms with Crippen LogP contribution in [0.1, 0.15) is 18.2 Å². The van der Waals surface area contributed by atoms with E-state index in [4.69, 9.17) is 23.4 Å². The molecule has 0 aliphatic carbocycles. The molecule has 29 heavy (non-hydrogen) atoms. The zero-order valence-corrected chi connectivity index (χ0v) is 16.5. The summed E-state index contributed by atoms with van der Waals surface area (Å²) in [6.07, 6.45) is 0.525. The van der Waals surface area contributed by atoms with Gasteiger partial charge in [0.15, 0.2) is 17.3 Å². The molecule has 0 saturated carbocycles. The lowest BCUT2D eigenvalue weighted by Crippen LogP contribution is -2.16. The number of hydrogen-bond acceptors (Lipinski definition) is 6. The molecule has 3 heterocycles. The van der Waals surface area contributed by atoms with E-state index in [1.807, 2.05) is 13.0 Å². The molecule has 1 aromatic heterocycles. The average Bonchev–Trinajstić information content (AvgIpc) is 3.17. The Hall–Kier alpha value is -3.41. The second kappa shape index (κ2) is 6.30. The number of hydrogen-bond donors (Lipinski definition) is 0. The maximum absolute atomic E-state index is 13.5. The third-order valence-electron chi connectivity index (χ3n) is 5.52. The first kappa shape index (κ1) is 17.7. The maximum atomic E-state index is 13.5. The molecule has 0 saturated heterocycles. The summed E-state index contributed by atoms with van der Waals surface area (Å²) >= 11 is 0. The molecule has 2 aliphatic rings. The van der Waals surface area contributed by atoms with Crippen LogP contribution in [0, 0.1) is 0 Å². The fourth-order valence-corrected chi connectivity index (χ4v) is 3.99. The van der Waals surface area contributed by atoms with Gasteiger partial charge in [-0.1, -0.05) is 6.58 Å². The van der Waals surface area contributed by atoms with Crippen molar-refractivity contribution in [3.8, 4) is 34.1 Å². The molecule has 148 valence electrons. The molecule has 6 heteroatoms. The third kappa shape index (κ3) is 2.52. The van der Waals surface area contributed by atoms with Gasteiger partial charge in [0, 0.05) is 23.6 Å². The second-order valence-electron chi connectivity index (χ2n) is 7.30. The quantitative estimate of drug-likeness (QED) is 0.621. The summed E-state index contributed by atoms with van der Waals surface area (Å²) in [5.74, 6) is 2.86. The molecule has 0 N–H and O–H groups in total. The molecule has 0 bridgehead atoms. The summed E-state index contributed by atoms with van der Waals surface area (Å²) in [6.45, 7) is 6.08. The monoisotopic (exact) mass is 392 g/mol. The Bertz CT molecular complexity index is 1240. The van der Waals surface area contributed by atoms with E-state index < -0.39 is 0 Å². The molecule has 0 amide bonds. The molecule has 5 rings (SSSR count). The van der Waals surface area contributed by atoms with Crippen LogP contribution in [-0.2, 0) is 13.0 Å². The van der Waals surface area contributed by atoms with E-state index >= 15 is 0 Å². The van der Waals surface area contributed by atoms with Crippen molar-refractivity contribution in [1.82, 2.24) is 0 Å². The van der Waals surface area contributed by atoms with Gasteiger partial charge < -0.3 is 23.4 Å².